The molecule has 0 spiro atoms. The second-order valence-electron chi connectivity index (χ2n) is 3.30. The molecule has 0 saturated heterocycles. The average Bonchev–Trinajstić information content (AvgIpc) is 2.56. The molecule has 1 N–H and O–H groups in total. The van der Waals surface area contributed by atoms with Crippen molar-refractivity contribution in [1.82, 2.24) is 0 Å². The van der Waals surface area contributed by atoms with Gasteiger partial charge in [0.25, 0.3) is 0 Å². The van der Waals surface area contributed by atoms with Gasteiger partial charge in [-0.25, -0.2) is 0 Å². The average molecular weight is 284 g/mol. The number of nitrogens with zero attached hydrogens (tertiary/aromatic N) is 1. The van der Waals surface area contributed by atoms with Crippen molar-refractivity contribution in [2.45, 2.75) is 6.92 Å². The first kappa shape index (κ1) is 10.9. The van der Waals surface area contributed by atoms with Gasteiger partial charge in [0.15, 0.2) is 0 Å². The van der Waals surface area contributed by atoms with Crippen LogP contribution in [0, 0.1) is 17.0 Å². The molecule has 0 atom stereocenters. The van der Waals surface area contributed by atoms with Crippen molar-refractivity contribution < 1.29 is 14.8 Å². The Morgan fingerprint density at radius 1 is 1.50 bits per heavy atom. The molecule has 1 heterocycles. The van der Waals surface area contributed by atoms with E-state index in [1.165, 1.54) is 12.1 Å². The molecule has 0 unspecified atom stereocenters. The number of hydrogen-bond donors (Lipinski definition) is 1. The van der Waals surface area contributed by atoms with E-state index in [-0.39, 0.29) is 20.2 Å². The molecule has 0 radical (unpaired) electrons. The molecule has 0 fully saturated rings. The summed E-state index contributed by atoms with van der Waals surface area (Å²) >= 11 is -0.250. The third kappa shape index (κ3) is 1.62. The number of carboxylic acids is 1. The molecular formula is C10H7NO4Se. The molecule has 0 aliphatic heterocycles. The number of nitro benzene ring substituents is 1. The summed E-state index contributed by atoms with van der Waals surface area (Å²) < 4.78 is 1.27. The fraction of sp³-hybridized carbons (Fsp3) is 0.100. The molecule has 5 nitrogen and oxygen atoms in total. The van der Waals surface area contributed by atoms with Crippen LogP contribution in [0.3, 0.4) is 0 Å². The second kappa shape index (κ2) is 3.73. The normalized spacial score (nSPS) is 10.6. The van der Waals surface area contributed by atoms with Gasteiger partial charge in [0.2, 0.25) is 0 Å². The van der Waals surface area contributed by atoms with Crippen molar-refractivity contribution in [2.24, 2.45) is 0 Å². The maximum atomic E-state index is 10.9. The number of rotatable bonds is 2. The van der Waals surface area contributed by atoms with Gasteiger partial charge in [-0.15, -0.1) is 0 Å². The molecule has 6 heteroatoms. The summed E-state index contributed by atoms with van der Waals surface area (Å²) in [5.74, 6) is -0.934. The molecule has 2 aromatic rings. The zero-order valence-corrected chi connectivity index (χ0v) is 9.97. The van der Waals surface area contributed by atoms with Crippen LogP contribution in [0.1, 0.15) is 14.8 Å². The first-order valence-corrected chi connectivity index (χ1v) is 6.13. The fourth-order valence-electron chi connectivity index (χ4n) is 1.53. The summed E-state index contributed by atoms with van der Waals surface area (Å²) in [6, 6.07) is 4.51. The van der Waals surface area contributed by atoms with Gasteiger partial charge in [-0.2, -0.15) is 0 Å². The maximum absolute atomic E-state index is 10.9. The Balaban J connectivity index is 2.73. The number of carbonyl (C=O) groups is 1. The molecule has 0 saturated carbocycles. The van der Waals surface area contributed by atoms with Crippen molar-refractivity contribution in [2.75, 3.05) is 0 Å². The van der Waals surface area contributed by atoms with E-state index in [1.54, 1.807) is 13.0 Å². The van der Waals surface area contributed by atoms with Crippen LogP contribution in [0.2, 0.25) is 0 Å². The Morgan fingerprint density at radius 3 is 2.75 bits per heavy atom. The number of hydrogen-bond acceptors (Lipinski definition) is 3. The van der Waals surface area contributed by atoms with Gasteiger partial charge < -0.3 is 0 Å². The van der Waals surface area contributed by atoms with Gasteiger partial charge in [0, 0.05) is 0 Å². The summed E-state index contributed by atoms with van der Waals surface area (Å²) in [6.45, 7) is 1.70. The third-order valence-electron chi connectivity index (χ3n) is 2.32. The van der Waals surface area contributed by atoms with E-state index >= 15 is 0 Å². The van der Waals surface area contributed by atoms with Crippen LogP contribution in [-0.4, -0.2) is 30.5 Å². The van der Waals surface area contributed by atoms with Gasteiger partial charge >= 0.3 is 95.9 Å². The second-order valence-corrected chi connectivity index (χ2v) is 5.51. The summed E-state index contributed by atoms with van der Waals surface area (Å²) in [7, 11) is 0. The zero-order valence-electron chi connectivity index (χ0n) is 8.26. The number of nitro groups is 1. The van der Waals surface area contributed by atoms with Crippen LogP contribution >= 0.6 is 0 Å². The molecule has 1 aromatic heterocycles. The Labute approximate surface area is 96.2 Å². The van der Waals surface area contributed by atoms with Gasteiger partial charge in [-0.3, -0.25) is 0 Å². The topological polar surface area (TPSA) is 80.4 Å². The first-order chi connectivity index (χ1) is 7.50. The Hall–Kier alpha value is -1.65. The predicted molar refractivity (Wildman–Crippen MR) is 59.2 cm³/mol. The summed E-state index contributed by atoms with van der Waals surface area (Å²) in [4.78, 5) is 21.1. The van der Waals surface area contributed by atoms with Crippen molar-refractivity contribution >= 4 is 35.8 Å². The van der Waals surface area contributed by atoms with Crippen LogP contribution in [0.5, 0.6) is 0 Å². The number of non-ortho nitro benzene ring substituents is 1. The number of aromatic carboxylic acids is 1. The molecule has 0 amide bonds. The predicted octanol–water partition coefficient (Wildman–Crippen LogP) is 1.81. The van der Waals surface area contributed by atoms with E-state index in [9.17, 15) is 14.9 Å². The summed E-state index contributed by atoms with van der Waals surface area (Å²) in [5, 5.41) is 20.3. The molecule has 82 valence electrons. The zero-order chi connectivity index (χ0) is 11.9. The number of fused-ring (bicyclic) bond motifs is 1. The Bertz CT molecular complexity index is 602. The van der Waals surface area contributed by atoms with Crippen molar-refractivity contribution in [3.05, 3.63) is 38.3 Å². The standard InChI is InChI=1S/C10H7NO4Se/c1-5-7-4-6(11(14)15)2-3-8(7)16-9(5)10(12)13/h2-4H,1H3,(H,12,13). The summed E-state index contributed by atoms with van der Waals surface area (Å²) in [6.07, 6.45) is 0. The third-order valence-corrected chi connectivity index (χ3v) is 4.97. The molecule has 1 aromatic carbocycles. The van der Waals surface area contributed by atoms with Crippen LogP contribution < -0.4 is 0 Å². The van der Waals surface area contributed by atoms with Crippen molar-refractivity contribution in [3.8, 4) is 0 Å². The first-order valence-electron chi connectivity index (χ1n) is 4.41. The van der Waals surface area contributed by atoms with E-state index in [0.717, 1.165) is 4.26 Å². The van der Waals surface area contributed by atoms with Gasteiger partial charge in [-0.1, -0.05) is 0 Å². The van der Waals surface area contributed by atoms with Gasteiger partial charge in [-0.05, 0) is 0 Å². The molecule has 16 heavy (non-hydrogen) atoms. The van der Waals surface area contributed by atoms with Crippen molar-refractivity contribution in [1.29, 1.82) is 0 Å². The van der Waals surface area contributed by atoms with Crippen LogP contribution in [0.4, 0.5) is 5.69 Å². The van der Waals surface area contributed by atoms with E-state index in [4.69, 9.17) is 5.11 Å². The van der Waals surface area contributed by atoms with E-state index < -0.39 is 10.9 Å². The quantitative estimate of drug-likeness (QED) is 0.518. The number of carboxylic acid groups (broad SMARTS) is 1. The number of benzene rings is 1. The van der Waals surface area contributed by atoms with E-state index in [1.807, 2.05) is 0 Å². The van der Waals surface area contributed by atoms with Crippen LogP contribution in [0.25, 0.3) is 9.65 Å². The Kier molecular flexibility index (Phi) is 2.53. The van der Waals surface area contributed by atoms with Crippen molar-refractivity contribution in [3.63, 3.8) is 0 Å². The minimum atomic E-state index is -0.934. The monoisotopic (exact) mass is 285 g/mol. The number of aryl methyl sites for hydroxylation is 1. The fourth-order valence-corrected chi connectivity index (χ4v) is 3.68. The Morgan fingerprint density at radius 2 is 2.19 bits per heavy atom. The molecule has 2 rings (SSSR count). The molecular weight excluding hydrogens is 277 g/mol. The van der Waals surface area contributed by atoms with E-state index in [0.29, 0.717) is 15.4 Å². The van der Waals surface area contributed by atoms with Gasteiger partial charge in [0.05, 0.1) is 0 Å². The summed E-state index contributed by atoms with van der Waals surface area (Å²) in [5.41, 5.74) is 0.645. The molecule has 0 aliphatic carbocycles. The SMILES string of the molecule is Cc1c(C(=O)O)[se]c2ccc([N+](=O)[O-])cc12. The molecule has 0 aliphatic rings. The van der Waals surface area contributed by atoms with Gasteiger partial charge in [0.1, 0.15) is 0 Å². The minimum absolute atomic E-state index is 0.000499. The molecule has 0 bridgehead atoms. The van der Waals surface area contributed by atoms with E-state index in [2.05, 4.69) is 0 Å². The van der Waals surface area contributed by atoms with Crippen LogP contribution in [0.15, 0.2) is 18.2 Å². The van der Waals surface area contributed by atoms with Crippen LogP contribution in [-0.2, 0) is 0 Å².